The first kappa shape index (κ1) is 15.6. The van der Waals surface area contributed by atoms with Crippen LogP contribution in [0.4, 0.5) is 0 Å². The van der Waals surface area contributed by atoms with Crippen molar-refractivity contribution in [3.63, 3.8) is 0 Å². The summed E-state index contributed by atoms with van der Waals surface area (Å²) in [4.78, 5) is 1.27. The van der Waals surface area contributed by atoms with Gasteiger partial charge in [-0.1, -0.05) is 26.0 Å². The van der Waals surface area contributed by atoms with Crippen LogP contribution in [0.3, 0.4) is 0 Å². The summed E-state index contributed by atoms with van der Waals surface area (Å²) in [7, 11) is 0. The quantitative estimate of drug-likeness (QED) is 0.324. The highest BCUT2D eigenvalue weighted by molar-refractivity contribution is 7.99. The van der Waals surface area contributed by atoms with Crippen LogP contribution >= 0.6 is 11.8 Å². The monoisotopic (exact) mass is 278 g/mol. The third-order valence-corrected chi connectivity index (χ3v) is 3.63. The lowest BCUT2D eigenvalue weighted by Gasteiger charge is -2.06. The summed E-state index contributed by atoms with van der Waals surface area (Å²) in [5.41, 5.74) is 9.48. The maximum Gasteiger partial charge on any atom is 0.206 e. The van der Waals surface area contributed by atoms with Crippen LogP contribution in [-0.4, -0.2) is 17.4 Å². The van der Waals surface area contributed by atoms with E-state index in [0.717, 1.165) is 22.9 Å². The Labute approximate surface area is 119 Å². The number of nitrogens with one attached hydrogen (secondary N) is 2. The van der Waals surface area contributed by atoms with Gasteiger partial charge in [0, 0.05) is 4.90 Å². The van der Waals surface area contributed by atoms with E-state index in [1.165, 1.54) is 11.3 Å². The third kappa shape index (κ3) is 6.29. The highest BCUT2D eigenvalue weighted by Crippen LogP contribution is 2.21. The summed E-state index contributed by atoms with van der Waals surface area (Å²) >= 11 is 1.88. The molecule has 1 aromatic carbocycles. The SMILES string of the molecule is CC(=NNC(=N)N)c1ccc(SCCC(C)C)cc1. The average molecular weight is 278 g/mol. The number of hydrazone groups is 1. The van der Waals surface area contributed by atoms with Crippen LogP contribution in [0.5, 0.6) is 0 Å². The van der Waals surface area contributed by atoms with Crippen molar-refractivity contribution in [2.45, 2.75) is 32.1 Å². The summed E-state index contributed by atoms with van der Waals surface area (Å²) in [6.45, 7) is 6.37. The Bertz CT molecular complexity index is 437. The smallest absolute Gasteiger partial charge is 0.206 e. The van der Waals surface area contributed by atoms with E-state index < -0.39 is 0 Å². The van der Waals surface area contributed by atoms with Crippen molar-refractivity contribution in [2.75, 3.05) is 5.75 Å². The molecule has 5 heteroatoms. The molecule has 0 saturated heterocycles. The minimum Gasteiger partial charge on any atom is -0.369 e. The molecule has 0 aromatic heterocycles. The van der Waals surface area contributed by atoms with E-state index in [0.29, 0.717) is 0 Å². The summed E-state index contributed by atoms with van der Waals surface area (Å²) in [6, 6.07) is 8.29. The van der Waals surface area contributed by atoms with Gasteiger partial charge in [-0.2, -0.15) is 5.10 Å². The van der Waals surface area contributed by atoms with Crippen LogP contribution in [0, 0.1) is 11.3 Å². The normalized spacial score (nSPS) is 11.7. The zero-order chi connectivity index (χ0) is 14.3. The molecular formula is C14H22N4S. The van der Waals surface area contributed by atoms with Gasteiger partial charge in [0.1, 0.15) is 0 Å². The second-order valence-corrected chi connectivity index (χ2v) is 5.95. The molecule has 4 nitrogen and oxygen atoms in total. The van der Waals surface area contributed by atoms with Crippen LogP contribution < -0.4 is 11.2 Å². The van der Waals surface area contributed by atoms with Crippen molar-refractivity contribution < 1.29 is 0 Å². The molecule has 0 aliphatic heterocycles. The Hall–Kier alpha value is -1.49. The van der Waals surface area contributed by atoms with Crippen LogP contribution in [0.1, 0.15) is 32.8 Å². The fourth-order valence-electron chi connectivity index (χ4n) is 1.41. The summed E-state index contributed by atoms with van der Waals surface area (Å²) < 4.78 is 0. The van der Waals surface area contributed by atoms with Gasteiger partial charge in [-0.05, 0) is 42.7 Å². The van der Waals surface area contributed by atoms with Crippen molar-refractivity contribution in [1.82, 2.24) is 5.43 Å². The molecule has 0 saturated carbocycles. The minimum atomic E-state index is -0.153. The Morgan fingerprint density at radius 2 is 2.00 bits per heavy atom. The Kier molecular flexibility index (Phi) is 6.42. The number of guanidine groups is 1. The second-order valence-electron chi connectivity index (χ2n) is 4.78. The van der Waals surface area contributed by atoms with Gasteiger partial charge >= 0.3 is 0 Å². The molecule has 0 heterocycles. The third-order valence-electron chi connectivity index (χ3n) is 2.58. The van der Waals surface area contributed by atoms with Crippen molar-refractivity contribution >= 4 is 23.4 Å². The summed E-state index contributed by atoms with van der Waals surface area (Å²) in [5.74, 6) is 1.75. The highest BCUT2D eigenvalue weighted by Gasteiger charge is 2.00. The fourth-order valence-corrected chi connectivity index (χ4v) is 2.57. The molecule has 19 heavy (non-hydrogen) atoms. The molecule has 1 aromatic rings. The highest BCUT2D eigenvalue weighted by atomic mass is 32.2. The van der Waals surface area contributed by atoms with Crippen molar-refractivity contribution in [2.24, 2.45) is 16.8 Å². The lowest BCUT2D eigenvalue weighted by Crippen LogP contribution is -2.26. The maximum atomic E-state index is 7.05. The largest absolute Gasteiger partial charge is 0.369 e. The number of rotatable bonds is 6. The molecule has 0 aliphatic carbocycles. The lowest BCUT2D eigenvalue weighted by molar-refractivity contribution is 0.632. The first-order chi connectivity index (χ1) is 8.99. The van der Waals surface area contributed by atoms with Gasteiger partial charge < -0.3 is 5.73 Å². The number of benzene rings is 1. The van der Waals surface area contributed by atoms with Gasteiger partial charge in [-0.25, -0.2) is 5.43 Å². The first-order valence-electron chi connectivity index (χ1n) is 6.36. The van der Waals surface area contributed by atoms with Gasteiger partial charge in [0.05, 0.1) is 5.71 Å². The van der Waals surface area contributed by atoms with E-state index in [1.807, 2.05) is 30.8 Å². The molecule has 0 amide bonds. The van der Waals surface area contributed by atoms with Gasteiger partial charge in [-0.3, -0.25) is 5.41 Å². The van der Waals surface area contributed by atoms with Gasteiger partial charge in [0.25, 0.3) is 0 Å². The van der Waals surface area contributed by atoms with Crippen molar-refractivity contribution in [1.29, 1.82) is 5.41 Å². The molecule has 0 aliphatic rings. The number of nitrogens with two attached hydrogens (primary N) is 1. The van der Waals surface area contributed by atoms with Crippen molar-refractivity contribution in [3.05, 3.63) is 29.8 Å². The predicted molar refractivity (Wildman–Crippen MR) is 83.9 cm³/mol. The lowest BCUT2D eigenvalue weighted by atomic mass is 10.1. The molecule has 1 rings (SSSR count). The Balaban J connectivity index is 2.55. The number of hydrogen-bond acceptors (Lipinski definition) is 3. The van der Waals surface area contributed by atoms with Crippen LogP contribution in [-0.2, 0) is 0 Å². The van der Waals surface area contributed by atoms with E-state index in [1.54, 1.807) is 0 Å². The average Bonchev–Trinajstić information content (AvgIpc) is 2.36. The Morgan fingerprint density at radius 1 is 1.37 bits per heavy atom. The molecule has 0 unspecified atom stereocenters. The molecule has 0 spiro atoms. The Morgan fingerprint density at radius 3 is 2.53 bits per heavy atom. The molecule has 4 N–H and O–H groups in total. The number of nitrogens with zero attached hydrogens (tertiary/aromatic N) is 1. The molecule has 104 valence electrons. The molecule has 0 atom stereocenters. The van der Waals surface area contributed by atoms with E-state index in [4.69, 9.17) is 11.1 Å². The maximum absolute atomic E-state index is 7.05. The van der Waals surface area contributed by atoms with E-state index in [2.05, 4.69) is 36.5 Å². The molecule has 0 bridgehead atoms. The first-order valence-corrected chi connectivity index (χ1v) is 7.35. The van der Waals surface area contributed by atoms with Gasteiger partial charge in [0.15, 0.2) is 0 Å². The molecule has 0 radical (unpaired) electrons. The zero-order valence-corrected chi connectivity index (χ0v) is 12.6. The summed E-state index contributed by atoms with van der Waals surface area (Å²) in [5, 5.41) is 11.1. The number of thioether (sulfide) groups is 1. The minimum absolute atomic E-state index is 0.153. The second kappa shape index (κ2) is 7.84. The fraction of sp³-hybridized carbons (Fsp3) is 0.429. The topological polar surface area (TPSA) is 74.3 Å². The summed E-state index contributed by atoms with van der Waals surface area (Å²) in [6.07, 6.45) is 1.23. The standard InChI is InChI=1S/C14H22N4S/c1-10(2)8-9-19-13-6-4-12(5-7-13)11(3)17-18-14(15)16/h4-7,10H,8-9H2,1-3H3,(H4,15,16,18). The van der Waals surface area contributed by atoms with E-state index in [-0.39, 0.29) is 5.96 Å². The van der Waals surface area contributed by atoms with E-state index in [9.17, 15) is 0 Å². The molecular weight excluding hydrogens is 256 g/mol. The zero-order valence-electron chi connectivity index (χ0n) is 11.7. The van der Waals surface area contributed by atoms with Crippen molar-refractivity contribution in [3.8, 4) is 0 Å². The van der Waals surface area contributed by atoms with Crippen LogP contribution in [0.15, 0.2) is 34.3 Å². The van der Waals surface area contributed by atoms with Gasteiger partial charge in [0.2, 0.25) is 5.96 Å². The number of hydrogen-bond donors (Lipinski definition) is 3. The van der Waals surface area contributed by atoms with E-state index >= 15 is 0 Å². The van der Waals surface area contributed by atoms with Gasteiger partial charge in [-0.15, -0.1) is 11.8 Å². The van der Waals surface area contributed by atoms with Crippen LogP contribution in [0.25, 0.3) is 0 Å². The predicted octanol–water partition coefficient (Wildman–Crippen LogP) is 3.03. The van der Waals surface area contributed by atoms with Crippen LogP contribution in [0.2, 0.25) is 0 Å². The molecule has 0 fully saturated rings.